The van der Waals surface area contributed by atoms with Crippen molar-refractivity contribution in [2.75, 3.05) is 6.61 Å². The van der Waals surface area contributed by atoms with Gasteiger partial charge in [0.1, 0.15) is 6.10 Å². The Hall–Kier alpha value is -2.09. The van der Waals surface area contributed by atoms with Crippen LogP contribution in [0.15, 0.2) is 18.3 Å². The number of carbonyl (C=O) groups excluding carboxylic acids is 1. The maximum absolute atomic E-state index is 12.5. The fourth-order valence-corrected chi connectivity index (χ4v) is 4.43. The summed E-state index contributed by atoms with van der Waals surface area (Å²) in [5.41, 5.74) is 0.222. The lowest BCUT2D eigenvalue weighted by Gasteiger charge is -2.34. The lowest BCUT2D eigenvalue weighted by atomic mass is 9.71. The molecule has 0 radical (unpaired) electrons. The molecule has 0 aliphatic heterocycles. The summed E-state index contributed by atoms with van der Waals surface area (Å²) in [6.07, 6.45) is 17.6. The van der Waals surface area contributed by atoms with E-state index in [1.54, 1.807) is 12.1 Å². The fraction of sp³-hybridized carbons (Fsp3) is 0.741. The fourth-order valence-electron chi connectivity index (χ4n) is 4.43. The number of unbranched alkanes of at least 4 members (excludes halogenated alkanes) is 8. The summed E-state index contributed by atoms with van der Waals surface area (Å²) >= 11 is 0. The summed E-state index contributed by atoms with van der Waals surface area (Å²) in [6, 6.07) is 6.05. The Labute approximate surface area is 194 Å². The van der Waals surface area contributed by atoms with Crippen molar-refractivity contribution in [3.05, 3.63) is 23.9 Å². The molecule has 5 nitrogen and oxygen atoms in total. The van der Waals surface area contributed by atoms with Crippen molar-refractivity contribution in [3.8, 4) is 11.9 Å². The zero-order valence-corrected chi connectivity index (χ0v) is 20.2. The molecule has 1 fully saturated rings. The molecular weight excluding hydrogens is 400 g/mol. The second kappa shape index (κ2) is 14.9. The van der Waals surface area contributed by atoms with Crippen molar-refractivity contribution >= 4 is 5.97 Å². The van der Waals surface area contributed by atoms with Crippen LogP contribution in [0, 0.1) is 16.7 Å². The van der Waals surface area contributed by atoms with E-state index in [0.29, 0.717) is 18.1 Å². The van der Waals surface area contributed by atoms with Gasteiger partial charge in [-0.05, 0) is 44.6 Å². The lowest BCUT2D eigenvalue weighted by Crippen LogP contribution is -2.31. The van der Waals surface area contributed by atoms with Crippen LogP contribution in [0.2, 0.25) is 0 Å². The largest absolute Gasteiger partial charge is 0.478 e. The van der Waals surface area contributed by atoms with Gasteiger partial charge in [-0.2, -0.15) is 5.26 Å². The second-order valence-electron chi connectivity index (χ2n) is 9.31. The van der Waals surface area contributed by atoms with Gasteiger partial charge in [-0.3, -0.25) is 0 Å². The number of nitrogens with zero attached hydrogens (tertiary/aromatic N) is 2. The molecule has 0 amide bonds. The molecule has 32 heavy (non-hydrogen) atoms. The zero-order valence-electron chi connectivity index (χ0n) is 20.2. The molecule has 0 spiro atoms. The second-order valence-corrected chi connectivity index (χ2v) is 9.31. The zero-order chi connectivity index (χ0) is 23.1. The third-order valence-corrected chi connectivity index (χ3v) is 6.63. The molecule has 0 N–H and O–H groups in total. The minimum atomic E-state index is -0.336. The van der Waals surface area contributed by atoms with Gasteiger partial charge in [0.25, 0.3) is 0 Å². The van der Waals surface area contributed by atoms with Crippen molar-refractivity contribution in [3.63, 3.8) is 0 Å². The summed E-state index contributed by atoms with van der Waals surface area (Å²) < 4.78 is 11.4. The number of hydrogen-bond donors (Lipinski definition) is 0. The van der Waals surface area contributed by atoms with Crippen LogP contribution in [0.25, 0.3) is 0 Å². The first-order chi connectivity index (χ1) is 15.6. The maximum Gasteiger partial charge on any atom is 0.339 e. The van der Waals surface area contributed by atoms with E-state index in [1.807, 2.05) is 0 Å². The Morgan fingerprint density at radius 2 is 1.69 bits per heavy atom. The highest BCUT2D eigenvalue weighted by molar-refractivity contribution is 5.89. The highest BCUT2D eigenvalue weighted by Crippen LogP contribution is 2.41. The molecule has 2 rings (SSSR count). The molecule has 0 unspecified atom stereocenters. The van der Waals surface area contributed by atoms with Gasteiger partial charge < -0.3 is 9.47 Å². The van der Waals surface area contributed by atoms with E-state index in [1.165, 1.54) is 57.6 Å². The number of ether oxygens (including phenoxy) is 2. The number of carbonyl (C=O) groups is 1. The van der Waals surface area contributed by atoms with Crippen molar-refractivity contribution in [2.45, 2.75) is 116 Å². The van der Waals surface area contributed by atoms with E-state index in [0.717, 1.165) is 44.9 Å². The summed E-state index contributed by atoms with van der Waals surface area (Å²) in [4.78, 5) is 16.8. The number of rotatable bonds is 15. The molecular formula is C27H42N2O3. The first kappa shape index (κ1) is 26.2. The van der Waals surface area contributed by atoms with Crippen molar-refractivity contribution < 1.29 is 14.3 Å². The van der Waals surface area contributed by atoms with Crippen LogP contribution >= 0.6 is 0 Å². The topological polar surface area (TPSA) is 72.2 Å². The number of hydrogen-bond acceptors (Lipinski definition) is 5. The predicted molar refractivity (Wildman–Crippen MR) is 128 cm³/mol. The van der Waals surface area contributed by atoms with Crippen LogP contribution in [0.4, 0.5) is 0 Å². The summed E-state index contributed by atoms with van der Waals surface area (Å²) in [6.45, 7) is 5.08. The van der Waals surface area contributed by atoms with Gasteiger partial charge in [-0.1, -0.05) is 71.6 Å². The van der Waals surface area contributed by atoms with Crippen molar-refractivity contribution in [1.29, 1.82) is 5.26 Å². The molecule has 178 valence electrons. The van der Waals surface area contributed by atoms with Gasteiger partial charge in [-0.15, -0.1) is 0 Å². The molecule has 0 bridgehead atoms. The van der Waals surface area contributed by atoms with Gasteiger partial charge in [-0.25, -0.2) is 9.78 Å². The minimum absolute atomic E-state index is 0.108. The first-order valence-electron chi connectivity index (χ1n) is 12.8. The normalized spacial score (nSPS) is 20.5. The lowest BCUT2D eigenvalue weighted by molar-refractivity contribution is 0.0104. The number of aromatic nitrogens is 1. The van der Waals surface area contributed by atoms with Crippen molar-refractivity contribution in [2.24, 2.45) is 5.41 Å². The SMILES string of the molecule is CCCCCCCOc1ccc(C(=O)OC2CCC(C#N)(CCCCCCC)CC2)cn1. The Balaban J connectivity index is 1.70. The van der Waals surface area contributed by atoms with Crippen LogP contribution in [-0.4, -0.2) is 23.7 Å². The van der Waals surface area contributed by atoms with Gasteiger partial charge >= 0.3 is 5.97 Å². The van der Waals surface area contributed by atoms with Crippen LogP contribution in [0.5, 0.6) is 5.88 Å². The van der Waals surface area contributed by atoms with E-state index in [-0.39, 0.29) is 17.5 Å². The van der Waals surface area contributed by atoms with E-state index in [4.69, 9.17) is 9.47 Å². The Morgan fingerprint density at radius 3 is 2.28 bits per heavy atom. The molecule has 0 aromatic carbocycles. The van der Waals surface area contributed by atoms with Gasteiger partial charge in [0.15, 0.2) is 0 Å². The van der Waals surface area contributed by atoms with Crippen molar-refractivity contribution in [1.82, 2.24) is 4.98 Å². The Bertz CT molecular complexity index is 688. The summed E-state index contributed by atoms with van der Waals surface area (Å²) in [5.74, 6) is 0.213. The van der Waals surface area contributed by atoms with E-state index >= 15 is 0 Å². The highest BCUT2D eigenvalue weighted by Gasteiger charge is 2.36. The molecule has 1 aliphatic carbocycles. The standard InChI is InChI=1S/C27H42N2O3/c1-3-5-7-9-11-17-27(22-28)18-15-24(16-19-27)32-26(30)23-13-14-25(29-21-23)31-20-12-10-8-6-4-2/h13-14,21,24H,3-12,15-20H2,1-2H3. The first-order valence-corrected chi connectivity index (χ1v) is 12.8. The van der Waals surface area contributed by atoms with Gasteiger partial charge in [0, 0.05) is 12.3 Å². The van der Waals surface area contributed by atoms with E-state index in [9.17, 15) is 10.1 Å². The number of esters is 1. The molecule has 1 aromatic heterocycles. The van der Waals surface area contributed by atoms with Crippen LogP contribution < -0.4 is 4.74 Å². The molecule has 1 saturated carbocycles. The predicted octanol–water partition coefficient (Wildman–Crippen LogP) is 7.40. The Kier molecular flexibility index (Phi) is 12.2. The molecule has 1 aromatic rings. The number of pyridine rings is 1. The van der Waals surface area contributed by atoms with Crippen LogP contribution in [0.3, 0.4) is 0 Å². The third-order valence-electron chi connectivity index (χ3n) is 6.63. The maximum atomic E-state index is 12.5. The molecule has 5 heteroatoms. The van der Waals surface area contributed by atoms with Gasteiger partial charge in [0.05, 0.1) is 23.7 Å². The van der Waals surface area contributed by atoms with Crippen LogP contribution in [-0.2, 0) is 4.74 Å². The summed E-state index contributed by atoms with van der Waals surface area (Å²) in [7, 11) is 0. The molecule has 1 aliphatic rings. The highest BCUT2D eigenvalue weighted by atomic mass is 16.5. The molecule has 0 atom stereocenters. The average Bonchev–Trinajstić information content (AvgIpc) is 2.83. The minimum Gasteiger partial charge on any atom is -0.478 e. The smallest absolute Gasteiger partial charge is 0.339 e. The quantitative estimate of drug-likeness (QED) is 0.209. The Morgan fingerprint density at radius 1 is 1.03 bits per heavy atom. The molecule has 0 saturated heterocycles. The summed E-state index contributed by atoms with van der Waals surface area (Å²) in [5, 5.41) is 9.75. The van der Waals surface area contributed by atoms with Crippen LogP contribution in [0.1, 0.15) is 121 Å². The monoisotopic (exact) mass is 442 g/mol. The number of nitriles is 1. The average molecular weight is 443 g/mol. The van der Waals surface area contributed by atoms with E-state index < -0.39 is 0 Å². The molecule has 1 heterocycles. The van der Waals surface area contributed by atoms with E-state index in [2.05, 4.69) is 24.9 Å². The van der Waals surface area contributed by atoms with Gasteiger partial charge in [0.2, 0.25) is 5.88 Å². The third kappa shape index (κ3) is 9.18.